The van der Waals surface area contributed by atoms with E-state index in [4.69, 9.17) is 10.5 Å². The SMILES string of the molecule is COC1=C(C(=O)O)N2C(=O)[C@@H](NC(=O)C(N)C3=CCC=CC3)[C@H]2SC1. The van der Waals surface area contributed by atoms with E-state index in [1.165, 1.54) is 18.9 Å². The number of nitrogens with two attached hydrogens (primary N) is 1. The van der Waals surface area contributed by atoms with Crippen LogP contribution in [0.1, 0.15) is 12.8 Å². The van der Waals surface area contributed by atoms with Gasteiger partial charge in [-0.1, -0.05) is 18.2 Å². The maximum Gasteiger partial charge on any atom is 0.356 e. The summed E-state index contributed by atoms with van der Waals surface area (Å²) in [4.78, 5) is 37.4. The molecule has 3 rings (SSSR count). The summed E-state index contributed by atoms with van der Waals surface area (Å²) in [5.74, 6) is -1.57. The van der Waals surface area contributed by atoms with Crippen LogP contribution in [0.15, 0.2) is 35.3 Å². The number of amides is 2. The molecule has 1 unspecified atom stereocenters. The Labute approximate surface area is 148 Å². The molecule has 0 aromatic heterocycles. The summed E-state index contributed by atoms with van der Waals surface area (Å²) in [6, 6.07) is -1.60. The van der Waals surface area contributed by atoms with Crippen LogP contribution in [0.25, 0.3) is 0 Å². The average molecular weight is 365 g/mol. The highest BCUT2D eigenvalue weighted by atomic mass is 32.2. The highest BCUT2D eigenvalue weighted by Crippen LogP contribution is 2.40. The van der Waals surface area contributed by atoms with Crippen molar-refractivity contribution in [2.45, 2.75) is 30.3 Å². The van der Waals surface area contributed by atoms with Gasteiger partial charge in [-0.3, -0.25) is 14.5 Å². The van der Waals surface area contributed by atoms with Gasteiger partial charge >= 0.3 is 5.97 Å². The quantitative estimate of drug-likeness (QED) is 0.460. The predicted octanol–water partition coefficient (Wildman–Crippen LogP) is -0.0674. The maximum absolute atomic E-state index is 12.4. The zero-order chi connectivity index (χ0) is 18.1. The van der Waals surface area contributed by atoms with Crippen molar-refractivity contribution < 1.29 is 24.2 Å². The lowest BCUT2D eigenvalue weighted by Gasteiger charge is -2.49. The Balaban J connectivity index is 1.69. The average Bonchev–Trinajstić information content (AvgIpc) is 2.64. The maximum atomic E-state index is 12.4. The van der Waals surface area contributed by atoms with Crippen molar-refractivity contribution >= 4 is 29.5 Å². The second-order valence-corrected chi connectivity index (χ2v) is 6.95. The fourth-order valence-corrected chi connectivity index (χ4v) is 4.34. The van der Waals surface area contributed by atoms with Crippen LogP contribution in [0.2, 0.25) is 0 Å². The molecule has 0 radical (unpaired) electrons. The van der Waals surface area contributed by atoms with Crippen LogP contribution in [0.3, 0.4) is 0 Å². The number of hydrogen-bond donors (Lipinski definition) is 3. The first-order valence-electron chi connectivity index (χ1n) is 7.80. The van der Waals surface area contributed by atoms with Crippen LogP contribution in [-0.4, -0.2) is 58.1 Å². The van der Waals surface area contributed by atoms with Crippen LogP contribution in [-0.2, 0) is 19.1 Å². The number of ether oxygens (including phenoxy) is 1. The van der Waals surface area contributed by atoms with E-state index in [-0.39, 0.29) is 11.5 Å². The standard InChI is InChI=1S/C16H19N3O5S/c1-24-9-7-25-15-11(14(21)19(15)12(9)16(22)23)18-13(20)10(17)8-5-3-2-4-6-8/h2-3,6,10-11,15H,4-5,7,17H2,1H3,(H,18,20)(H,22,23)/t10?,11-,15-/m1/s1. The third-order valence-electron chi connectivity index (χ3n) is 4.40. The molecule has 134 valence electrons. The number of thioether (sulfide) groups is 1. The molecule has 2 aliphatic heterocycles. The van der Waals surface area contributed by atoms with E-state index in [1.807, 2.05) is 18.2 Å². The van der Waals surface area contributed by atoms with Gasteiger partial charge in [0.1, 0.15) is 23.2 Å². The minimum absolute atomic E-state index is 0.161. The summed E-state index contributed by atoms with van der Waals surface area (Å²) < 4.78 is 5.06. The van der Waals surface area contributed by atoms with Gasteiger partial charge < -0.3 is 20.9 Å². The number of carbonyl (C=O) groups excluding carboxylic acids is 2. The lowest BCUT2D eigenvalue weighted by atomic mass is 9.97. The van der Waals surface area contributed by atoms with Crippen molar-refractivity contribution in [1.82, 2.24) is 10.2 Å². The molecule has 1 aliphatic carbocycles. The van der Waals surface area contributed by atoms with Crippen LogP contribution in [0, 0.1) is 0 Å². The molecule has 0 aromatic carbocycles. The van der Waals surface area contributed by atoms with E-state index in [9.17, 15) is 19.5 Å². The number of hydrogen-bond acceptors (Lipinski definition) is 6. The highest BCUT2D eigenvalue weighted by Gasteiger charge is 2.55. The minimum atomic E-state index is -1.23. The molecule has 3 aliphatic rings. The van der Waals surface area contributed by atoms with Crippen molar-refractivity contribution in [3.8, 4) is 0 Å². The Bertz CT molecular complexity index is 715. The zero-order valence-corrected chi connectivity index (χ0v) is 14.4. The van der Waals surface area contributed by atoms with E-state index in [1.54, 1.807) is 0 Å². The molecule has 8 nitrogen and oxygen atoms in total. The number of nitrogens with zero attached hydrogens (tertiary/aromatic N) is 1. The van der Waals surface area contributed by atoms with Gasteiger partial charge in [0, 0.05) is 0 Å². The lowest BCUT2D eigenvalue weighted by Crippen LogP contribution is -2.71. The zero-order valence-electron chi connectivity index (χ0n) is 13.6. The highest BCUT2D eigenvalue weighted by molar-refractivity contribution is 8.00. The van der Waals surface area contributed by atoms with E-state index in [2.05, 4.69) is 5.32 Å². The number of allylic oxidation sites excluding steroid dienone is 3. The summed E-state index contributed by atoms with van der Waals surface area (Å²) in [6.45, 7) is 0. The number of methoxy groups -OCH3 is 1. The molecule has 0 bridgehead atoms. The van der Waals surface area contributed by atoms with E-state index < -0.39 is 35.2 Å². The molecular formula is C16H19N3O5S. The van der Waals surface area contributed by atoms with Crippen molar-refractivity contribution in [2.75, 3.05) is 12.9 Å². The van der Waals surface area contributed by atoms with Gasteiger partial charge in [-0.25, -0.2) is 4.79 Å². The smallest absolute Gasteiger partial charge is 0.356 e. The molecule has 2 amide bonds. The molecule has 9 heteroatoms. The third-order valence-corrected chi connectivity index (χ3v) is 5.65. The number of nitrogens with one attached hydrogen (secondary N) is 1. The van der Waals surface area contributed by atoms with Gasteiger partial charge in [0.2, 0.25) is 5.91 Å². The first kappa shape index (κ1) is 17.6. The van der Waals surface area contributed by atoms with Crippen molar-refractivity contribution in [2.24, 2.45) is 5.73 Å². The summed E-state index contributed by atoms with van der Waals surface area (Å²) in [5, 5.41) is 11.5. The molecule has 1 fully saturated rings. The van der Waals surface area contributed by atoms with Gasteiger partial charge in [-0.15, -0.1) is 11.8 Å². The van der Waals surface area contributed by atoms with Crippen LogP contribution >= 0.6 is 11.8 Å². The summed E-state index contributed by atoms with van der Waals surface area (Å²) in [6.07, 6.45) is 7.20. The van der Waals surface area contributed by atoms with E-state index in [0.717, 1.165) is 16.9 Å². The Morgan fingerprint density at radius 3 is 2.84 bits per heavy atom. The number of carbonyl (C=O) groups is 3. The van der Waals surface area contributed by atoms with Gasteiger partial charge in [0.25, 0.3) is 5.91 Å². The van der Waals surface area contributed by atoms with Crippen molar-refractivity contribution in [3.63, 3.8) is 0 Å². The second-order valence-electron chi connectivity index (χ2n) is 5.85. The second kappa shape index (κ2) is 6.93. The third kappa shape index (κ3) is 3.05. The van der Waals surface area contributed by atoms with Gasteiger partial charge in [-0.2, -0.15) is 0 Å². The number of β-lactam (4-membered cyclic amide) rings is 1. The summed E-state index contributed by atoms with van der Waals surface area (Å²) >= 11 is 1.35. The topological polar surface area (TPSA) is 122 Å². The molecule has 3 atom stereocenters. The summed E-state index contributed by atoms with van der Waals surface area (Å²) in [5.41, 5.74) is 6.63. The predicted molar refractivity (Wildman–Crippen MR) is 91.1 cm³/mol. The number of carboxylic acids is 1. The van der Waals surface area contributed by atoms with Crippen molar-refractivity contribution in [1.29, 1.82) is 0 Å². The first-order valence-corrected chi connectivity index (χ1v) is 8.85. The molecule has 4 N–H and O–H groups in total. The molecule has 0 saturated carbocycles. The van der Waals surface area contributed by atoms with Crippen LogP contribution < -0.4 is 11.1 Å². The minimum Gasteiger partial charge on any atom is -0.498 e. The Morgan fingerprint density at radius 1 is 1.48 bits per heavy atom. The van der Waals surface area contributed by atoms with Crippen LogP contribution in [0.4, 0.5) is 0 Å². The number of carboxylic acid groups (broad SMARTS) is 1. The largest absolute Gasteiger partial charge is 0.498 e. The fourth-order valence-electron chi connectivity index (χ4n) is 3.03. The molecule has 0 spiro atoms. The number of fused-ring (bicyclic) bond motifs is 1. The molecule has 1 saturated heterocycles. The monoisotopic (exact) mass is 365 g/mol. The number of rotatable bonds is 5. The molecule has 0 aromatic rings. The van der Waals surface area contributed by atoms with E-state index >= 15 is 0 Å². The fraction of sp³-hybridized carbons (Fsp3) is 0.438. The lowest BCUT2D eigenvalue weighted by molar-refractivity contribution is -0.151. The van der Waals surface area contributed by atoms with E-state index in [0.29, 0.717) is 12.2 Å². The van der Waals surface area contributed by atoms with Gasteiger partial charge in [0.15, 0.2) is 5.70 Å². The van der Waals surface area contributed by atoms with Gasteiger partial charge in [-0.05, 0) is 18.4 Å². The Hall–Kier alpha value is -2.26. The molecule has 25 heavy (non-hydrogen) atoms. The van der Waals surface area contributed by atoms with Crippen molar-refractivity contribution in [3.05, 3.63) is 35.3 Å². The first-order chi connectivity index (χ1) is 12.0. The molecule has 2 heterocycles. The normalized spacial score (nSPS) is 26.4. The summed E-state index contributed by atoms with van der Waals surface area (Å²) in [7, 11) is 1.37. The molecular weight excluding hydrogens is 346 g/mol. The Morgan fingerprint density at radius 2 is 2.24 bits per heavy atom. The van der Waals surface area contributed by atoms with Gasteiger partial charge in [0.05, 0.1) is 12.9 Å². The van der Waals surface area contributed by atoms with Crippen LogP contribution in [0.5, 0.6) is 0 Å². The Kier molecular flexibility index (Phi) is 4.87. The number of aliphatic carboxylic acids is 1.